The van der Waals surface area contributed by atoms with Gasteiger partial charge in [0, 0.05) is 31.5 Å². The Balaban J connectivity index is 2.40. The Bertz CT molecular complexity index is 224. The number of rotatable bonds is 6. The predicted octanol–water partition coefficient (Wildman–Crippen LogP) is 0.910. The van der Waals surface area contributed by atoms with Gasteiger partial charge in [0.2, 0.25) is 0 Å². The minimum atomic E-state index is -0.330. The van der Waals surface area contributed by atoms with Gasteiger partial charge in [0.1, 0.15) is 0 Å². The largest absolute Gasteiger partial charge is 0.466 e. The molecule has 1 aliphatic rings. The summed E-state index contributed by atoms with van der Waals surface area (Å²) >= 11 is 0. The second-order valence-corrected chi connectivity index (χ2v) is 3.74. The van der Waals surface area contributed by atoms with Gasteiger partial charge in [0.05, 0.1) is 7.11 Å². The number of methoxy groups -OCH3 is 1. The SMILES string of the molecule is COC(=O)/C=C/N(CCCO)C1CCC1. The molecule has 0 bridgehead atoms. The van der Waals surface area contributed by atoms with E-state index in [1.807, 2.05) is 0 Å². The van der Waals surface area contributed by atoms with Gasteiger partial charge in [-0.2, -0.15) is 0 Å². The van der Waals surface area contributed by atoms with Crippen molar-refractivity contribution in [3.8, 4) is 0 Å². The Kier molecular flexibility index (Phi) is 5.18. The maximum absolute atomic E-state index is 10.9. The van der Waals surface area contributed by atoms with E-state index in [4.69, 9.17) is 5.11 Å². The van der Waals surface area contributed by atoms with Crippen LogP contribution >= 0.6 is 0 Å². The molecule has 0 aliphatic heterocycles. The molecule has 0 aromatic heterocycles. The first-order chi connectivity index (χ1) is 7.27. The molecule has 1 saturated carbocycles. The van der Waals surface area contributed by atoms with Crippen LogP contribution in [0.3, 0.4) is 0 Å². The predicted molar refractivity (Wildman–Crippen MR) is 57.2 cm³/mol. The van der Waals surface area contributed by atoms with Gasteiger partial charge in [0.25, 0.3) is 0 Å². The van der Waals surface area contributed by atoms with Crippen LogP contribution in [0.15, 0.2) is 12.3 Å². The van der Waals surface area contributed by atoms with E-state index in [2.05, 4.69) is 9.64 Å². The number of nitrogens with zero attached hydrogens (tertiary/aromatic N) is 1. The molecular formula is C11H19NO3. The number of carbonyl (C=O) groups excluding carboxylic acids is 1. The second-order valence-electron chi connectivity index (χ2n) is 3.74. The fourth-order valence-corrected chi connectivity index (χ4v) is 1.58. The van der Waals surface area contributed by atoms with Crippen molar-refractivity contribution in [2.45, 2.75) is 31.7 Å². The summed E-state index contributed by atoms with van der Waals surface area (Å²) in [7, 11) is 1.37. The molecule has 15 heavy (non-hydrogen) atoms. The lowest BCUT2D eigenvalue weighted by Gasteiger charge is -2.36. The lowest BCUT2D eigenvalue weighted by atomic mass is 9.91. The summed E-state index contributed by atoms with van der Waals surface area (Å²) in [6, 6.07) is 0.539. The minimum absolute atomic E-state index is 0.190. The van der Waals surface area contributed by atoms with Gasteiger partial charge in [-0.15, -0.1) is 0 Å². The Morgan fingerprint density at radius 2 is 2.33 bits per heavy atom. The van der Waals surface area contributed by atoms with Crippen LogP contribution in [0.25, 0.3) is 0 Å². The van der Waals surface area contributed by atoms with E-state index in [1.54, 1.807) is 6.20 Å². The molecule has 86 valence electrons. The molecule has 0 aromatic rings. The molecule has 0 radical (unpaired) electrons. The maximum Gasteiger partial charge on any atom is 0.331 e. The minimum Gasteiger partial charge on any atom is -0.466 e. The molecule has 4 nitrogen and oxygen atoms in total. The highest BCUT2D eigenvalue weighted by atomic mass is 16.5. The van der Waals surface area contributed by atoms with Crippen LogP contribution in [0.4, 0.5) is 0 Å². The summed E-state index contributed by atoms with van der Waals surface area (Å²) in [4.78, 5) is 13.1. The summed E-state index contributed by atoms with van der Waals surface area (Å²) in [5, 5.41) is 8.77. The fourth-order valence-electron chi connectivity index (χ4n) is 1.58. The summed E-state index contributed by atoms with van der Waals surface area (Å²) in [6.45, 7) is 0.990. The zero-order valence-corrected chi connectivity index (χ0v) is 9.19. The van der Waals surface area contributed by atoms with E-state index < -0.39 is 0 Å². The molecule has 1 rings (SSSR count). The topological polar surface area (TPSA) is 49.8 Å². The molecule has 0 amide bonds. The molecule has 1 fully saturated rings. The third-order valence-electron chi connectivity index (χ3n) is 2.72. The lowest BCUT2D eigenvalue weighted by molar-refractivity contribution is -0.134. The van der Waals surface area contributed by atoms with Crippen molar-refractivity contribution in [2.24, 2.45) is 0 Å². The molecule has 0 unspecified atom stereocenters. The van der Waals surface area contributed by atoms with Crippen molar-refractivity contribution in [2.75, 3.05) is 20.3 Å². The maximum atomic E-state index is 10.9. The van der Waals surface area contributed by atoms with Gasteiger partial charge in [-0.05, 0) is 25.7 Å². The number of esters is 1. The highest BCUT2D eigenvalue weighted by Crippen LogP contribution is 2.25. The first kappa shape index (κ1) is 12.0. The van der Waals surface area contributed by atoms with Crippen LogP contribution in [0, 0.1) is 0 Å². The Labute approximate surface area is 90.5 Å². The Morgan fingerprint density at radius 3 is 2.80 bits per heavy atom. The Morgan fingerprint density at radius 1 is 1.60 bits per heavy atom. The molecular weight excluding hydrogens is 194 g/mol. The van der Waals surface area contributed by atoms with E-state index in [0.29, 0.717) is 6.04 Å². The molecule has 0 spiro atoms. The quantitative estimate of drug-likeness (QED) is 0.526. The number of hydrogen-bond donors (Lipinski definition) is 1. The standard InChI is InChI=1S/C11H19NO3/c1-15-11(14)6-8-12(7-3-9-13)10-4-2-5-10/h6,8,10,13H,2-5,7,9H2,1H3/b8-6+. The van der Waals surface area contributed by atoms with Crippen molar-refractivity contribution in [3.05, 3.63) is 12.3 Å². The van der Waals surface area contributed by atoms with Gasteiger partial charge in [-0.3, -0.25) is 0 Å². The van der Waals surface area contributed by atoms with Crippen LogP contribution < -0.4 is 0 Å². The van der Waals surface area contributed by atoms with Crippen molar-refractivity contribution in [3.63, 3.8) is 0 Å². The third-order valence-corrected chi connectivity index (χ3v) is 2.72. The van der Waals surface area contributed by atoms with E-state index in [1.165, 1.54) is 32.4 Å². The molecule has 1 N–H and O–H groups in total. The molecule has 1 aliphatic carbocycles. The van der Waals surface area contributed by atoms with E-state index in [-0.39, 0.29) is 12.6 Å². The fraction of sp³-hybridized carbons (Fsp3) is 0.727. The van der Waals surface area contributed by atoms with Gasteiger partial charge in [0.15, 0.2) is 0 Å². The van der Waals surface area contributed by atoms with Crippen LogP contribution in [-0.4, -0.2) is 42.3 Å². The normalized spacial score (nSPS) is 16.4. The van der Waals surface area contributed by atoms with Crippen molar-refractivity contribution in [1.82, 2.24) is 4.90 Å². The summed E-state index contributed by atoms with van der Waals surface area (Å²) in [6.07, 6.45) is 7.57. The number of ether oxygens (including phenoxy) is 1. The first-order valence-electron chi connectivity index (χ1n) is 5.40. The molecule has 0 atom stereocenters. The van der Waals surface area contributed by atoms with Crippen LogP contribution in [0.2, 0.25) is 0 Å². The van der Waals surface area contributed by atoms with E-state index in [0.717, 1.165) is 13.0 Å². The highest BCUT2D eigenvalue weighted by Gasteiger charge is 2.22. The van der Waals surface area contributed by atoms with E-state index >= 15 is 0 Å². The second kappa shape index (κ2) is 6.45. The third kappa shape index (κ3) is 3.91. The summed E-state index contributed by atoms with van der Waals surface area (Å²) < 4.78 is 4.53. The van der Waals surface area contributed by atoms with Crippen molar-refractivity contribution >= 4 is 5.97 Å². The van der Waals surface area contributed by atoms with Gasteiger partial charge in [-0.25, -0.2) is 4.79 Å². The first-order valence-corrected chi connectivity index (χ1v) is 5.40. The Hall–Kier alpha value is -1.03. The van der Waals surface area contributed by atoms with Crippen molar-refractivity contribution < 1.29 is 14.6 Å². The van der Waals surface area contributed by atoms with E-state index in [9.17, 15) is 4.79 Å². The average molecular weight is 213 g/mol. The van der Waals surface area contributed by atoms with Crippen LogP contribution in [0.1, 0.15) is 25.7 Å². The molecule has 0 aromatic carbocycles. The molecule has 4 heteroatoms. The monoisotopic (exact) mass is 213 g/mol. The molecule has 0 heterocycles. The number of aliphatic hydroxyl groups is 1. The zero-order chi connectivity index (χ0) is 11.1. The van der Waals surface area contributed by atoms with Crippen LogP contribution in [-0.2, 0) is 9.53 Å². The van der Waals surface area contributed by atoms with Gasteiger partial charge in [-0.1, -0.05) is 0 Å². The summed E-state index contributed by atoms with van der Waals surface area (Å²) in [5.74, 6) is -0.330. The van der Waals surface area contributed by atoms with Crippen molar-refractivity contribution in [1.29, 1.82) is 0 Å². The molecule has 0 saturated heterocycles. The van der Waals surface area contributed by atoms with Gasteiger partial charge < -0.3 is 14.7 Å². The van der Waals surface area contributed by atoms with Crippen LogP contribution in [0.5, 0.6) is 0 Å². The number of carbonyl (C=O) groups is 1. The zero-order valence-electron chi connectivity index (χ0n) is 9.19. The highest BCUT2D eigenvalue weighted by molar-refractivity contribution is 5.81. The average Bonchev–Trinajstić information content (AvgIpc) is 2.18. The smallest absolute Gasteiger partial charge is 0.331 e. The number of aliphatic hydroxyl groups excluding tert-OH is 1. The van der Waals surface area contributed by atoms with Gasteiger partial charge >= 0.3 is 5.97 Å². The number of hydrogen-bond acceptors (Lipinski definition) is 4. The summed E-state index contributed by atoms with van der Waals surface area (Å²) in [5.41, 5.74) is 0. The lowest BCUT2D eigenvalue weighted by Crippen LogP contribution is -2.37.